The standard InChI is InChI=1S/C11H12N4O2S/c1-12-8-2-9(4-11(3-8)15(16)17)13-5-10-6-18-7-14-10/h2-4,6-7,12-13H,5H2,1H3. The molecule has 0 radical (unpaired) electrons. The number of nitro groups is 1. The van der Waals surface area contributed by atoms with Gasteiger partial charge in [-0.25, -0.2) is 4.98 Å². The second-order valence-electron chi connectivity index (χ2n) is 3.61. The highest BCUT2D eigenvalue weighted by Gasteiger charge is 2.09. The molecule has 0 unspecified atom stereocenters. The van der Waals surface area contributed by atoms with E-state index in [-0.39, 0.29) is 5.69 Å². The van der Waals surface area contributed by atoms with Gasteiger partial charge in [-0.1, -0.05) is 0 Å². The number of aromatic nitrogens is 1. The van der Waals surface area contributed by atoms with E-state index in [0.29, 0.717) is 17.9 Å². The molecule has 2 aromatic rings. The molecule has 7 heteroatoms. The van der Waals surface area contributed by atoms with Gasteiger partial charge in [0.05, 0.1) is 22.7 Å². The van der Waals surface area contributed by atoms with Gasteiger partial charge in [0, 0.05) is 35.9 Å². The number of nitrogens with zero attached hydrogens (tertiary/aromatic N) is 2. The predicted molar refractivity (Wildman–Crippen MR) is 72.1 cm³/mol. The first-order chi connectivity index (χ1) is 8.69. The van der Waals surface area contributed by atoms with Crippen LogP contribution in [0, 0.1) is 10.1 Å². The van der Waals surface area contributed by atoms with E-state index in [0.717, 1.165) is 5.69 Å². The molecule has 0 aliphatic heterocycles. The summed E-state index contributed by atoms with van der Waals surface area (Å²) < 4.78 is 0. The molecular weight excluding hydrogens is 252 g/mol. The summed E-state index contributed by atoms with van der Waals surface area (Å²) in [7, 11) is 1.73. The summed E-state index contributed by atoms with van der Waals surface area (Å²) in [6.45, 7) is 0.549. The number of non-ortho nitro benzene ring substituents is 1. The van der Waals surface area contributed by atoms with Crippen LogP contribution in [-0.4, -0.2) is 17.0 Å². The maximum Gasteiger partial charge on any atom is 0.273 e. The molecule has 2 rings (SSSR count). The Kier molecular flexibility index (Phi) is 3.73. The summed E-state index contributed by atoms with van der Waals surface area (Å²) in [4.78, 5) is 14.5. The normalized spacial score (nSPS) is 10.1. The van der Waals surface area contributed by atoms with Gasteiger partial charge in [-0.15, -0.1) is 11.3 Å². The first kappa shape index (κ1) is 12.3. The van der Waals surface area contributed by atoms with Crippen molar-refractivity contribution in [3.8, 4) is 0 Å². The highest BCUT2D eigenvalue weighted by molar-refractivity contribution is 7.07. The SMILES string of the molecule is CNc1cc(NCc2cscn2)cc([N+](=O)[O-])c1. The van der Waals surface area contributed by atoms with Crippen molar-refractivity contribution < 1.29 is 4.92 Å². The van der Waals surface area contributed by atoms with Gasteiger partial charge in [0.15, 0.2) is 0 Å². The van der Waals surface area contributed by atoms with E-state index >= 15 is 0 Å². The Morgan fingerprint density at radius 2 is 2.17 bits per heavy atom. The van der Waals surface area contributed by atoms with E-state index in [9.17, 15) is 10.1 Å². The molecule has 0 saturated heterocycles. The van der Waals surface area contributed by atoms with Crippen molar-refractivity contribution in [1.82, 2.24) is 4.98 Å². The quantitative estimate of drug-likeness (QED) is 0.641. The van der Waals surface area contributed by atoms with E-state index in [2.05, 4.69) is 15.6 Å². The molecular formula is C11H12N4O2S. The Morgan fingerprint density at radius 3 is 2.78 bits per heavy atom. The van der Waals surface area contributed by atoms with Crippen LogP contribution in [-0.2, 0) is 6.54 Å². The lowest BCUT2D eigenvalue weighted by Gasteiger charge is -2.07. The van der Waals surface area contributed by atoms with E-state index < -0.39 is 4.92 Å². The van der Waals surface area contributed by atoms with Gasteiger partial charge in [0.25, 0.3) is 5.69 Å². The lowest BCUT2D eigenvalue weighted by atomic mass is 10.2. The van der Waals surface area contributed by atoms with Gasteiger partial charge in [0.2, 0.25) is 0 Å². The molecule has 0 amide bonds. The Labute approximate surface area is 108 Å². The molecule has 0 atom stereocenters. The lowest BCUT2D eigenvalue weighted by Crippen LogP contribution is -2.01. The molecule has 94 valence electrons. The summed E-state index contributed by atoms with van der Waals surface area (Å²) in [5.41, 5.74) is 4.12. The molecule has 0 saturated carbocycles. The van der Waals surface area contributed by atoms with Crippen LogP contribution < -0.4 is 10.6 Å². The average molecular weight is 264 g/mol. The molecule has 0 bridgehead atoms. The van der Waals surface area contributed by atoms with Crippen molar-refractivity contribution >= 4 is 28.4 Å². The number of hydrogen-bond acceptors (Lipinski definition) is 6. The van der Waals surface area contributed by atoms with E-state index in [1.54, 1.807) is 12.6 Å². The fraction of sp³-hybridized carbons (Fsp3) is 0.182. The van der Waals surface area contributed by atoms with Gasteiger partial charge < -0.3 is 10.6 Å². The largest absolute Gasteiger partial charge is 0.388 e. The van der Waals surface area contributed by atoms with Crippen LogP contribution >= 0.6 is 11.3 Å². The minimum absolute atomic E-state index is 0.0580. The molecule has 1 aromatic heterocycles. The molecule has 1 heterocycles. The van der Waals surface area contributed by atoms with Gasteiger partial charge in [-0.2, -0.15) is 0 Å². The fourth-order valence-corrected chi connectivity index (χ4v) is 2.04. The number of rotatable bonds is 5. The highest BCUT2D eigenvalue weighted by atomic mass is 32.1. The zero-order valence-corrected chi connectivity index (χ0v) is 10.5. The molecule has 6 nitrogen and oxygen atoms in total. The summed E-state index contributed by atoms with van der Waals surface area (Å²) in [5.74, 6) is 0. The van der Waals surface area contributed by atoms with E-state index in [4.69, 9.17) is 0 Å². The number of anilines is 2. The van der Waals surface area contributed by atoms with Crippen LogP contribution in [0.4, 0.5) is 17.1 Å². The minimum Gasteiger partial charge on any atom is -0.388 e. The van der Waals surface area contributed by atoms with Gasteiger partial charge in [-0.3, -0.25) is 10.1 Å². The van der Waals surface area contributed by atoms with Crippen LogP contribution in [0.2, 0.25) is 0 Å². The first-order valence-electron chi connectivity index (χ1n) is 5.27. The number of nitrogens with one attached hydrogen (secondary N) is 2. The Bertz CT molecular complexity index is 542. The first-order valence-corrected chi connectivity index (χ1v) is 6.21. The summed E-state index contributed by atoms with van der Waals surface area (Å²) in [5, 5.41) is 18.7. The average Bonchev–Trinajstić information content (AvgIpc) is 2.89. The fourth-order valence-electron chi connectivity index (χ4n) is 1.48. The number of thiazole rings is 1. The van der Waals surface area contributed by atoms with Crippen LogP contribution in [0.15, 0.2) is 29.1 Å². The molecule has 18 heavy (non-hydrogen) atoms. The smallest absolute Gasteiger partial charge is 0.273 e. The second-order valence-corrected chi connectivity index (χ2v) is 4.33. The molecule has 2 N–H and O–H groups in total. The van der Waals surface area contributed by atoms with Crippen molar-refractivity contribution in [2.24, 2.45) is 0 Å². The maximum atomic E-state index is 10.8. The van der Waals surface area contributed by atoms with E-state index in [1.165, 1.54) is 23.5 Å². The number of hydrogen-bond donors (Lipinski definition) is 2. The molecule has 0 spiro atoms. The van der Waals surface area contributed by atoms with Crippen molar-refractivity contribution in [3.63, 3.8) is 0 Å². The van der Waals surface area contributed by atoms with E-state index in [1.807, 2.05) is 11.4 Å². The molecule has 1 aromatic carbocycles. The highest BCUT2D eigenvalue weighted by Crippen LogP contribution is 2.24. The van der Waals surface area contributed by atoms with Crippen LogP contribution in [0.1, 0.15) is 5.69 Å². The summed E-state index contributed by atoms with van der Waals surface area (Å²) >= 11 is 1.52. The third-order valence-corrected chi connectivity index (χ3v) is 3.01. The van der Waals surface area contributed by atoms with Crippen molar-refractivity contribution in [2.75, 3.05) is 17.7 Å². The third kappa shape index (κ3) is 2.95. The van der Waals surface area contributed by atoms with Gasteiger partial charge in [-0.05, 0) is 6.07 Å². The third-order valence-electron chi connectivity index (χ3n) is 2.37. The van der Waals surface area contributed by atoms with Crippen LogP contribution in [0.25, 0.3) is 0 Å². The van der Waals surface area contributed by atoms with Gasteiger partial charge >= 0.3 is 0 Å². The number of benzene rings is 1. The second kappa shape index (κ2) is 5.46. The Hall–Kier alpha value is -2.15. The van der Waals surface area contributed by atoms with Crippen molar-refractivity contribution in [1.29, 1.82) is 0 Å². The van der Waals surface area contributed by atoms with Crippen molar-refractivity contribution in [2.45, 2.75) is 6.54 Å². The monoisotopic (exact) mass is 264 g/mol. The van der Waals surface area contributed by atoms with Crippen molar-refractivity contribution in [3.05, 3.63) is 44.9 Å². The number of nitro benzene ring substituents is 1. The maximum absolute atomic E-state index is 10.8. The zero-order valence-electron chi connectivity index (χ0n) is 9.71. The summed E-state index contributed by atoms with van der Waals surface area (Å²) in [6, 6.07) is 4.82. The molecule has 0 aliphatic rings. The Balaban J connectivity index is 2.16. The topological polar surface area (TPSA) is 80.1 Å². The van der Waals surface area contributed by atoms with Crippen LogP contribution in [0.5, 0.6) is 0 Å². The molecule has 0 aliphatic carbocycles. The molecule has 0 fully saturated rings. The zero-order chi connectivity index (χ0) is 13.0. The predicted octanol–water partition coefficient (Wildman–Crippen LogP) is 2.71. The minimum atomic E-state index is -0.408. The lowest BCUT2D eigenvalue weighted by molar-refractivity contribution is -0.384. The Morgan fingerprint density at radius 1 is 1.39 bits per heavy atom. The van der Waals surface area contributed by atoms with Gasteiger partial charge in [0.1, 0.15) is 0 Å². The van der Waals surface area contributed by atoms with Crippen LogP contribution in [0.3, 0.4) is 0 Å². The summed E-state index contributed by atoms with van der Waals surface area (Å²) in [6.07, 6.45) is 0.